The first kappa shape index (κ1) is 31.6. The second-order valence-corrected chi connectivity index (χ2v) is 9.86. The lowest BCUT2D eigenvalue weighted by Gasteiger charge is -2.14. The molecule has 0 aliphatic rings. The summed E-state index contributed by atoms with van der Waals surface area (Å²) in [7, 11) is 5.89. The van der Waals surface area contributed by atoms with Crippen molar-refractivity contribution in [3.63, 3.8) is 0 Å². The fourth-order valence-corrected chi connectivity index (χ4v) is 4.36. The zero-order valence-electron chi connectivity index (χ0n) is 24.2. The van der Waals surface area contributed by atoms with Crippen LogP contribution in [0.3, 0.4) is 0 Å². The number of rotatable bonds is 11. The molecule has 0 aliphatic heterocycles. The number of nitrogens with one attached hydrogen (secondary N) is 2. The molecule has 0 saturated carbocycles. The van der Waals surface area contributed by atoms with Gasteiger partial charge < -0.3 is 29.0 Å². The van der Waals surface area contributed by atoms with Gasteiger partial charge in [0.15, 0.2) is 11.5 Å². The van der Waals surface area contributed by atoms with Crippen LogP contribution in [-0.2, 0) is 0 Å². The number of carbonyl (C=O) groups is 3. The normalized spacial score (nSPS) is 10.6. The second-order valence-electron chi connectivity index (χ2n) is 8.95. The molecule has 0 spiro atoms. The molecule has 0 unspecified atom stereocenters. The molecule has 0 saturated heterocycles. The smallest absolute Gasteiger partial charge is 0.343 e. The maximum Gasteiger partial charge on any atom is 0.343 e. The summed E-state index contributed by atoms with van der Waals surface area (Å²) < 4.78 is 27.4. The predicted molar refractivity (Wildman–Crippen MR) is 168 cm³/mol. The second kappa shape index (κ2) is 14.7. The van der Waals surface area contributed by atoms with Crippen LogP contribution in [-0.4, -0.2) is 52.4 Å². The fraction of sp³-hybridized carbons (Fsp3) is 0.125. The number of esters is 1. The van der Waals surface area contributed by atoms with Gasteiger partial charge in [0.25, 0.3) is 11.8 Å². The van der Waals surface area contributed by atoms with Gasteiger partial charge in [-0.3, -0.25) is 9.59 Å². The number of ether oxygens (including phenoxy) is 5. The van der Waals surface area contributed by atoms with Gasteiger partial charge in [-0.05, 0) is 72.8 Å². The molecule has 44 heavy (non-hydrogen) atoms. The summed E-state index contributed by atoms with van der Waals surface area (Å²) in [6, 6.07) is 20.9. The largest absolute Gasteiger partial charge is 0.497 e. The van der Waals surface area contributed by atoms with Crippen LogP contribution in [0.5, 0.6) is 28.7 Å². The third-order valence-electron chi connectivity index (χ3n) is 6.18. The van der Waals surface area contributed by atoms with Crippen LogP contribution < -0.4 is 34.4 Å². The maximum absolute atomic E-state index is 13.0. The molecule has 0 aromatic heterocycles. The Kier molecular flexibility index (Phi) is 10.5. The van der Waals surface area contributed by atoms with E-state index in [-0.39, 0.29) is 22.8 Å². The van der Waals surface area contributed by atoms with Gasteiger partial charge in [-0.15, -0.1) is 0 Å². The molecule has 0 heterocycles. The Morgan fingerprint density at radius 2 is 1.41 bits per heavy atom. The molecule has 0 fully saturated rings. The van der Waals surface area contributed by atoms with Crippen molar-refractivity contribution >= 4 is 45.6 Å². The topological polar surface area (TPSA) is 134 Å². The van der Waals surface area contributed by atoms with Crippen LogP contribution in [0.4, 0.5) is 5.69 Å². The Morgan fingerprint density at radius 1 is 0.705 bits per heavy atom. The number of halogens is 1. The Labute approximate surface area is 261 Å². The van der Waals surface area contributed by atoms with Crippen LogP contribution >= 0.6 is 15.9 Å². The van der Waals surface area contributed by atoms with E-state index in [1.165, 1.54) is 45.7 Å². The van der Waals surface area contributed by atoms with Gasteiger partial charge in [0.1, 0.15) is 11.5 Å². The molecule has 0 radical (unpaired) electrons. The van der Waals surface area contributed by atoms with E-state index < -0.39 is 11.9 Å². The van der Waals surface area contributed by atoms with Gasteiger partial charge in [-0.1, -0.05) is 22.0 Å². The van der Waals surface area contributed by atoms with Crippen molar-refractivity contribution in [3.05, 3.63) is 106 Å². The lowest BCUT2D eigenvalue weighted by atomic mass is 10.1. The number of nitrogens with zero attached hydrogens (tertiary/aromatic N) is 1. The van der Waals surface area contributed by atoms with Gasteiger partial charge in [-0.2, -0.15) is 5.10 Å². The van der Waals surface area contributed by atoms with Crippen LogP contribution in [0, 0.1) is 0 Å². The highest BCUT2D eigenvalue weighted by atomic mass is 79.9. The molecule has 0 bridgehead atoms. The summed E-state index contributed by atoms with van der Waals surface area (Å²) in [5.41, 5.74) is 4.14. The first-order valence-electron chi connectivity index (χ1n) is 13.0. The molecule has 226 valence electrons. The van der Waals surface area contributed by atoms with E-state index in [1.54, 1.807) is 67.8 Å². The van der Waals surface area contributed by atoms with Crippen molar-refractivity contribution < 1.29 is 38.1 Å². The van der Waals surface area contributed by atoms with E-state index >= 15 is 0 Å². The first-order chi connectivity index (χ1) is 21.3. The minimum Gasteiger partial charge on any atom is -0.497 e. The molecule has 2 N–H and O–H groups in total. The molecular formula is C32H28BrN3O8. The zero-order valence-corrected chi connectivity index (χ0v) is 25.8. The van der Waals surface area contributed by atoms with E-state index in [0.717, 1.165) is 0 Å². The number of hydrogen-bond acceptors (Lipinski definition) is 9. The maximum atomic E-state index is 13.0. The SMILES string of the molecule is COc1ccc(C(=O)Nc2cccc(C(=O)NN=Cc3cc(Br)ccc3OC(=O)c3cc(OC)c(OC)c(OC)c3)c2)cc1. The number of carbonyl (C=O) groups excluding carboxylic acids is 3. The third-order valence-corrected chi connectivity index (χ3v) is 6.67. The molecule has 11 nitrogen and oxygen atoms in total. The van der Waals surface area contributed by atoms with Gasteiger partial charge in [0.05, 0.1) is 40.2 Å². The zero-order chi connectivity index (χ0) is 31.6. The van der Waals surface area contributed by atoms with Crippen molar-refractivity contribution in [2.45, 2.75) is 0 Å². The lowest BCUT2D eigenvalue weighted by molar-refractivity contribution is 0.0733. The van der Waals surface area contributed by atoms with Gasteiger partial charge in [0, 0.05) is 26.9 Å². The molecule has 4 rings (SSSR count). The number of benzene rings is 4. The summed E-state index contributed by atoms with van der Waals surface area (Å²) in [6.45, 7) is 0. The average Bonchev–Trinajstić information content (AvgIpc) is 3.05. The Bertz CT molecular complexity index is 1680. The number of hydrazone groups is 1. The molecule has 0 aliphatic carbocycles. The number of hydrogen-bond donors (Lipinski definition) is 2. The van der Waals surface area contributed by atoms with Crippen LogP contribution in [0.2, 0.25) is 0 Å². The van der Waals surface area contributed by atoms with Crippen LogP contribution in [0.15, 0.2) is 88.4 Å². The Morgan fingerprint density at radius 3 is 2.05 bits per heavy atom. The monoisotopic (exact) mass is 661 g/mol. The lowest BCUT2D eigenvalue weighted by Crippen LogP contribution is -2.18. The molecule has 12 heteroatoms. The number of methoxy groups -OCH3 is 4. The average molecular weight is 662 g/mol. The summed E-state index contributed by atoms with van der Waals surface area (Å²) in [5.74, 6) is 0.203. The van der Waals surface area contributed by atoms with E-state index in [1.807, 2.05) is 0 Å². The van der Waals surface area contributed by atoms with Gasteiger partial charge in [0.2, 0.25) is 5.75 Å². The van der Waals surface area contributed by atoms with E-state index in [9.17, 15) is 14.4 Å². The van der Waals surface area contributed by atoms with Gasteiger partial charge in [-0.25, -0.2) is 10.2 Å². The summed E-state index contributed by atoms with van der Waals surface area (Å²) >= 11 is 3.39. The minimum absolute atomic E-state index is 0.164. The summed E-state index contributed by atoms with van der Waals surface area (Å²) in [4.78, 5) is 38.5. The first-order valence-corrected chi connectivity index (χ1v) is 13.8. The highest BCUT2D eigenvalue weighted by Crippen LogP contribution is 2.38. The minimum atomic E-state index is -0.682. The number of amides is 2. The predicted octanol–water partition coefficient (Wildman–Crippen LogP) is 5.72. The quantitative estimate of drug-likeness (QED) is 0.0902. The Hall–Kier alpha value is -5.36. The molecule has 0 atom stereocenters. The number of anilines is 1. The van der Waals surface area contributed by atoms with Crippen molar-refractivity contribution in [2.75, 3.05) is 33.8 Å². The third kappa shape index (κ3) is 7.72. The highest BCUT2D eigenvalue weighted by molar-refractivity contribution is 9.10. The van der Waals surface area contributed by atoms with Crippen molar-refractivity contribution in [1.82, 2.24) is 5.43 Å². The van der Waals surface area contributed by atoms with Crippen LogP contribution in [0.1, 0.15) is 36.6 Å². The van der Waals surface area contributed by atoms with E-state index in [0.29, 0.717) is 44.3 Å². The summed E-state index contributed by atoms with van der Waals surface area (Å²) in [6.07, 6.45) is 1.34. The van der Waals surface area contributed by atoms with E-state index in [2.05, 4.69) is 31.8 Å². The fourth-order valence-electron chi connectivity index (χ4n) is 3.98. The molecule has 4 aromatic rings. The summed E-state index contributed by atoms with van der Waals surface area (Å²) in [5, 5.41) is 6.80. The van der Waals surface area contributed by atoms with Crippen molar-refractivity contribution in [1.29, 1.82) is 0 Å². The molecule has 4 aromatic carbocycles. The van der Waals surface area contributed by atoms with Gasteiger partial charge >= 0.3 is 5.97 Å². The van der Waals surface area contributed by atoms with Crippen molar-refractivity contribution in [3.8, 4) is 28.7 Å². The van der Waals surface area contributed by atoms with E-state index in [4.69, 9.17) is 23.7 Å². The highest BCUT2D eigenvalue weighted by Gasteiger charge is 2.19. The Balaban J connectivity index is 1.45. The molecule has 2 amide bonds. The van der Waals surface area contributed by atoms with Crippen molar-refractivity contribution in [2.24, 2.45) is 5.10 Å². The van der Waals surface area contributed by atoms with Crippen LogP contribution in [0.25, 0.3) is 0 Å². The standard InChI is InChI=1S/C32H28BrN3O8/c1-40-25-11-8-19(9-12-25)30(37)35-24-7-5-6-20(15-24)31(38)36-34-18-22-14-23(33)10-13-26(22)44-32(39)21-16-27(41-2)29(43-4)28(17-21)42-3/h5-18H,1-4H3,(H,35,37)(H,36,38). The molecular weight excluding hydrogens is 634 g/mol.